The summed E-state index contributed by atoms with van der Waals surface area (Å²) >= 11 is 3.35. The zero-order valence-corrected chi connectivity index (χ0v) is 13.0. The van der Waals surface area contributed by atoms with Crippen LogP contribution in [-0.2, 0) is 6.42 Å². The fourth-order valence-electron chi connectivity index (χ4n) is 2.00. The van der Waals surface area contributed by atoms with Crippen molar-refractivity contribution in [2.24, 2.45) is 0 Å². The molecule has 0 bridgehead atoms. The Morgan fingerprint density at radius 1 is 1.19 bits per heavy atom. The van der Waals surface area contributed by atoms with Gasteiger partial charge >= 0.3 is 0 Å². The van der Waals surface area contributed by atoms with Gasteiger partial charge in [-0.1, -0.05) is 28.1 Å². The molecule has 0 spiro atoms. The van der Waals surface area contributed by atoms with E-state index < -0.39 is 17.5 Å². The van der Waals surface area contributed by atoms with Crippen molar-refractivity contribution in [3.05, 3.63) is 69.7 Å². The monoisotopic (exact) mass is 353 g/mol. The Hall–Kier alpha value is -1.75. The van der Waals surface area contributed by atoms with Crippen LogP contribution in [0.4, 0.5) is 8.78 Å². The van der Waals surface area contributed by atoms with Crippen molar-refractivity contribution < 1.29 is 13.6 Å². The molecule has 0 heterocycles. The topological polar surface area (TPSA) is 29.1 Å². The van der Waals surface area contributed by atoms with Gasteiger partial charge < -0.3 is 5.32 Å². The van der Waals surface area contributed by atoms with Crippen LogP contribution in [0.3, 0.4) is 0 Å². The van der Waals surface area contributed by atoms with Crippen molar-refractivity contribution >= 4 is 21.8 Å². The number of nitrogens with one attached hydrogen (secondary N) is 1. The number of rotatable bonds is 4. The van der Waals surface area contributed by atoms with Gasteiger partial charge in [-0.2, -0.15) is 0 Å². The predicted octanol–water partition coefficient (Wildman–Crippen LogP) is 4.09. The molecule has 21 heavy (non-hydrogen) atoms. The van der Waals surface area contributed by atoms with Crippen LogP contribution in [0.1, 0.15) is 22.8 Å². The molecule has 1 amide bonds. The lowest BCUT2D eigenvalue weighted by atomic mass is 10.1. The molecule has 0 radical (unpaired) electrons. The molecule has 1 atom stereocenters. The van der Waals surface area contributed by atoms with Crippen LogP contribution in [0.25, 0.3) is 0 Å². The van der Waals surface area contributed by atoms with E-state index in [0.29, 0.717) is 12.5 Å². The smallest absolute Gasteiger partial charge is 0.254 e. The van der Waals surface area contributed by atoms with Gasteiger partial charge in [-0.15, -0.1) is 0 Å². The first-order chi connectivity index (χ1) is 9.95. The number of benzene rings is 2. The molecule has 0 aliphatic rings. The zero-order valence-electron chi connectivity index (χ0n) is 11.4. The van der Waals surface area contributed by atoms with Gasteiger partial charge in [0.1, 0.15) is 11.6 Å². The fourth-order valence-corrected chi connectivity index (χ4v) is 2.26. The molecule has 1 N–H and O–H groups in total. The number of carbonyl (C=O) groups is 1. The number of amides is 1. The summed E-state index contributed by atoms with van der Waals surface area (Å²) in [5, 5.41) is 2.71. The van der Waals surface area contributed by atoms with Crippen molar-refractivity contribution in [2.75, 3.05) is 0 Å². The molecule has 0 saturated heterocycles. The molecule has 0 saturated carbocycles. The molecule has 2 nitrogen and oxygen atoms in total. The van der Waals surface area contributed by atoms with Crippen LogP contribution >= 0.6 is 15.9 Å². The lowest BCUT2D eigenvalue weighted by Gasteiger charge is -2.14. The summed E-state index contributed by atoms with van der Waals surface area (Å²) in [6, 6.07) is 10.5. The summed E-state index contributed by atoms with van der Waals surface area (Å²) < 4.78 is 27.3. The SMILES string of the molecule is CC(Cc1ccc(Br)cc1)NC(=O)c1ccc(F)cc1F. The lowest BCUT2D eigenvalue weighted by Crippen LogP contribution is -2.34. The third kappa shape index (κ3) is 4.36. The normalized spacial score (nSPS) is 12.0. The first-order valence-electron chi connectivity index (χ1n) is 6.46. The molecule has 110 valence electrons. The van der Waals surface area contributed by atoms with Gasteiger partial charge in [-0.25, -0.2) is 8.78 Å². The molecule has 0 fully saturated rings. The highest BCUT2D eigenvalue weighted by Crippen LogP contribution is 2.13. The molecule has 2 rings (SSSR count). The van der Waals surface area contributed by atoms with Crippen LogP contribution in [0.15, 0.2) is 46.9 Å². The summed E-state index contributed by atoms with van der Waals surface area (Å²) in [5.41, 5.74) is 0.907. The highest BCUT2D eigenvalue weighted by atomic mass is 79.9. The molecular weight excluding hydrogens is 340 g/mol. The van der Waals surface area contributed by atoms with E-state index in [0.717, 1.165) is 22.2 Å². The minimum Gasteiger partial charge on any atom is -0.349 e. The Balaban J connectivity index is 2.00. The maximum absolute atomic E-state index is 13.5. The first kappa shape index (κ1) is 15.6. The molecular formula is C16H14BrF2NO. The highest BCUT2D eigenvalue weighted by molar-refractivity contribution is 9.10. The standard InChI is InChI=1S/C16H14BrF2NO/c1-10(8-11-2-4-12(17)5-3-11)20-16(21)14-7-6-13(18)9-15(14)19/h2-7,9-10H,8H2,1H3,(H,20,21). The van der Waals surface area contributed by atoms with E-state index in [-0.39, 0.29) is 11.6 Å². The van der Waals surface area contributed by atoms with E-state index in [1.165, 1.54) is 0 Å². The zero-order chi connectivity index (χ0) is 15.4. The summed E-state index contributed by atoms with van der Waals surface area (Å²) in [4.78, 5) is 12.0. The van der Waals surface area contributed by atoms with Gasteiger partial charge in [0.15, 0.2) is 0 Å². The molecule has 0 aliphatic heterocycles. The van der Waals surface area contributed by atoms with E-state index in [9.17, 15) is 13.6 Å². The summed E-state index contributed by atoms with van der Waals surface area (Å²) in [6.45, 7) is 1.83. The number of carbonyl (C=O) groups excluding carboxylic acids is 1. The minimum absolute atomic E-state index is 0.154. The van der Waals surface area contributed by atoms with Crippen molar-refractivity contribution in [2.45, 2.75) is 19.4 Å². The average Bonchev–Trinajstić information content (AvgIpc) is 2.41. The summed E-state index contributed by atoms with van der Waals surface area (Å²) in [7, 11) is 0. The van der Waals surface area contributed by atoms with E-state index in [2.05, 4.69) is 21.2 Å². The highest BCUT2D eigenvalue weighted by Gasteiger charge is 2.15. The fraction of sp³-hybridized carbons (Fsp3) is 0.188. The Morgan fingerprint density at radius 3 is 2.48 bits per heavy atom. The average molecular weight is 354 g/mol. The van der Waals surface area contributed by atoms with Crippen LogP contribution in [0.2, 0.25) is 0 Å². The number of halogens is 3. The molecule has 0 aromatic heterocycles. The second-order valence-electron chi connectivity index (χ2n) is 4.83. The molecule has 2 aromatic carbocycles. The third-order valence-electron chi connectivity index (χ3n) is 3.01. The largest absolute Gasteiger partial charge is 0.349 e. The molecule has 0 aliphatic carbocycles. The van der Waals surface area contributed by atoms with Gasteiger partial charge in [0.25, 0.3) is 5.91 Å². The van der Waals surface area contributed by atoms with E-state index in [1.807, 2.05) is 31.2 Å². The third-order valence-corrected chi connectivity index (χ3v) is 3.54. The van der Waals surface area contributed by atoms with Crippen LogP contribution < -0.4 is 5.32 Å². The van der Waals surface area contributed by atoms with Crippen molar-refractivity contribution in [1.29, 1.82) is 0 Å². The minimum atomic E-state index is -0.858. The second kappa shape index (κ2) is 6.80. The summed E-state index contributed by atoms with van der Waals surface area (Å²) in [6.07, 6.45) is 0.627. The Kier molecular flexibility index (Phi) is 5.07. The Labute approximate surface area is 130 Å². The summed E-state index contributed by atoms with van der Waals surface area (Å²) in [5.74, 6) is -2.10. The van der Waals surface area contributed by atoms with Crippen LogP contribution in [0, 0.1) is 11.6 Å². The first-order valence-corrected chi connectivity index (χ1v) is 7.25. The maximum atomic E-state index is 13.5. The van der Waals surface area contributed by atoms with E-state index >= 15 is 0 Å². The predicted molar refractivity (Wildman–Crippen MR) is 81.1 cm³/mol. The van der Waals surface area contributed by atoms with Crippen molar-refractivity contribution in [3.63, 3.8) is 0 Å². The number of hydrogen-bond donors (Lipinski definition) is 1. The van der Waals surface area contributed by atoms with Gasteiger partial charge in [0, 0.05) is 16.6 Å². The molecule has 5 heteroatoms. The quantitative estimate of drug-likeness (QED) is 0.881. The molecule has 2 aromatic rings. The van der Waals surface area contributed by atoms with Crippen LogP contribution in [-0.4, -0.2) is 11.9 Å². The van der Waals surface area contributed by atoms with Crippen LogP contribution in [0.5, 0.6) is 0 Å². The van der Waals surface area contributed by atoms with Gasteiger partial charge in [0.05, 0.1) is 5.56 Å². The van der Waals surface area contributed by atoms with Gasteiger partial charge in [-0.05, 0) is 43.2 Å². The van der Waals surface area contributed by atoms with E-state index in [1.54, 1.807) is 0 Å². The van der Waals surface area contributed by atoms with Gasteiger partial charge in [-0.3, -0.25) is 4.79 Å². The molecule has 1 unspecified atom stereocenters. The number of hydrogen-bond acceptors (Lipinski definition) is 1. The van der Waals surface area contributed by atoms with Crippen molar-refractivity contribution in [1.82, 2.24) is 5.32 Å². The second-order valence-corrected chi connectivity index (χ2v) is 5.74. The van der Waals surface area contributed by atoms with Crippen molar-refractivity contribution in [3.8, 4) is 0 Å². The lowest BCUT2D eigenvalue weighted by molar-refractivity contribution is 0.0936. The van der Waals surface area contributed by atoms with E-state index in [4.69, 9.17) is 0 Å². The maximum Gasteiger partial charge on any atom is 0.254 e. The van der Waals surface area contributed by atoms with Gasteiger partial charge in [0.2, 0.25) is 0 Å². The Morgan fingerprint density at radius 2 is 1.86 bits per heavy atom. The Bertz CT molecular complexity index is 643.